The molecule has 1 unspecified atom stereocenters. The molecule has 0 heterocycles. The minimum Gasteiger partial charge on any atom is -0.444 e. The van der Waals surface area contributed by atoms with Gasteiger partial charge in [-0.1, -0.05) is 20.3 Å². The van der Waals surface area contributed by atoms with Crippen LogP contribution in [-0.2, 0) is 4.74 Å². The zero-order valence-corrected chi connectivity index (χ0v) is 10.3. The highest BCUT2D eigenvalue weighted by Crippen LogP contribution is 2.10. The predicted molar refractivity (Wildman–Crippen MR) is 59.7 cm³/mol. The van der Waals surface area contributed by atoms with Crippen LogP contribution in [0.3, 0.4) is 0 Å². The van der Waals surface area contributed by atoms with Crippen LogP contribution in [0.2, 0.25) is 0 Å². The van der Waals surface area contributed by atoms with Crippen LogP contribution in [0.15, 0.2) is 0 Å². The van der Waals surface area contributed by atoms with Gasteiger partial charge in [0, 0.05) is 0 Å². The van der Waals surface area contributed by atoms with E-state index in [9.17, 15) is 4.79 Å². The standard InChI is InChI=1S/C11H23NO3/c1-6-8(2)9(7-13)12-10(14)15-11(3,4)5/h8-9,13H,6-7H2,1-5H3,(H,12,14)/t8?,9-/m0/s1. The van der Waals surface area contributed by atoms with Crippen molar-refractivity contribution in [2.75, 3.05) is 6.61 Å². The minimum absolute atomic E-state index is 0.0613. The van der Waals surface area contributed by atoms with Crippen LogP contribution in [0, 0.1) is 5.92 Å². The molecule has 0 spiro atoms. The lowest BCUT2D eigenvalue weighted by atomic mass is 10.0. The zero-order valence-electron chi connectivity index (χ0n) is 10.3. The summed E-state index contributed by atoms with van der Waals surface area (Å²) in [6.07, 6.45) is 0.433. The molecule has 0 saturated carbocycles. The predicted octanol–water partition coefficient (Wildman–Crippen LogP) is 1.92. The van der Waals surface area contributed by atoms with E-state index in [-0.39, 0.29) is 18.6 Å². The maximum atomic E-state index is 11.4. The van der Waals surface area contributed by atoms with Gasteiger partial charge in [-0.2, -0.15) is 0 Å². The van der Waals surface area contributed by atoms with E-state index in [4.69, 9.17) is 9.84 Å². The average molecular weight is 217 g/mol. The number of rotatable bonds is 4. The number of hydrogen-bond donors (Lipinski definition) is 2. The topological polar surface area (TPSA) is 58.6 Å². The molecule has 4 nitrogen and oxygen atoms in total. The largest absolute Gasteiger partial charge is 0.444 e. The highest BCUT2D eigenvalue weighted by Gasteiger charge is 2.21. The second-order valence-electron chi connectivity index (χ2n) is 4.82. The van der Waals surface area contributed by atoms with Gasteiger partial charge in [0.1, 0.15) is 5.60 Å². The van der Waals surface area contributed by atoms with Crippen molar-refractivity contribution < 1.29 is 14.6 Å². The van der Waals surface area contributed by atoms with E-state index < -0.39 is 11.7 Å². The molecule has 90 valence electrons. The first kappa shape index (κ1) is 14.2. The van der Waals surface area contributed by atoms with Gasteiger partial charge < -0.3 is 15.2 Å². The van der Waals surface area contributed by atoms with Gasteiger partial charge in [-0.15, -0.1) is 0 Å². The van der Waals surface area contributed by atoms with Crippen molar-refractivity contribution in [2.45, 2.75) is 52.7 Å². The molecule has 0 fully saturated rings. The summed E-state index contributed by atoms with van der Waals surface area (Å²) in [5.41, 5.74) is -0.500. The van der Waals surface area contributed by atoms with Gasteiger partial charge in [0.05, 0.1) is 12.6 Å². The summed E-state index contributed by atoms with van der Waals surface area (Å²) in [7, 11) is 0. The molecule has 0 bridgehead atoms. The van der Waals surface area contributed by atoms with E-state index in [0.717, 1.165) is 6.42 Å². The van der Waals surface area contributed by atoms with E-state index in [2.05, 4.69) is 5.32 Å². The molecule has 0 radical (unpaired) electrons. The summed E-state index contributed by atoms with van der Waals surface area (Å²) in [5, 5.41) is 11.8. The van der Waals surface area contributed by atoms with Gasteiger partial charge >= 0.3 is 6.09 Å². The number of carbonyl (C=O) groups is 1. The number of aliphatic hydroxyl groups excluding tert-OH is 1. The monoisotopic (exact) mass is 217 g/mol. The third-order valence-corrected chi connectivity index (χ3v) is 2.23. The van der Waals surface area contributed by atoms with Crippen LogP contribution in [0.25, 0.3) is 0 Å². The van der Waals surface area contributed by atoms with Crippen molar-refractivity contribution in [1.29, 1.82) is 0 Å². The smallest absolute Gasteiger partial charge is 0.407 e. The summed E-state index contributed by atoms with van der Waals surface area (Å²) >= 11 is 0. The van der Waals surface area contributed by atoms with Crippen LogP contribution in [-0.4, -0.2) is 29.4 Å². The van der Waals surface area contributed by atoms with E-state index in [0.29, 0.717) is 0 Å². The lowest BCUT2D eigenvalue weighted by Gasteiger charge is -2.25. The molecule has 0 aliphatic heterocycles. The fourth-order valence-electron chi connectivity index (χ4n) is 1.11. The first-order chi connectivity index (χ1) is 6.80. The first-order valence-electron chi connectivity index (χ1n) is 5.40. The summed E-state index contributed by atoms with van der Waals surface area (Å²) in [6, 6.07) is -0.232. The van der Waals surface area contributed by atoms with E-state index in [1.54, 1.807) is 0 Å². The van der Waals surface area contributed by atoms with Crippen molar-refractivity contribution in [2.24, 2.45) is 5.92 Å². The molecule has 0 aromatic heterocycles. The summed E-state index contributed by atoms with van der Waals surface area (Å²) in [6.45, 7) is 9.37. The molecule has 15 heavy (non-hydrogen) atoms. The van der Waals surface area contributed by atoms with Crippen molar-refractivity contribution in [3.63, 3.8) is 0 Å². The van der Waals surface area contributed by atoms with Crippen LogP contribution >= 0.6 is 0 Å². The van der Waals surface area contributed by atoms with Crippen molar-refractivity contribution >= 4 is 6.09 Å². The van der Waals surface area contributed by atoms with Crippen LogP contribution < -0.4 is 5.32 Å². The molecule has 0 aliphatic rings. The minimum atomic E-state index is -0.500. The lowest BCUT2D eigenvalue weighted by Crippen LogP contribution is -2.44. The quantitative estimate of drug-likeness (QED) is 0.756. The zero-order chi connectivity index (χ0) is 12.1. The number of nitrogens with one attached hydrogen (secondary N) is 1. The fourth-order valence-corrected chi connectivity index (χ4v) is 1.11. The third-order valence-electron chi connectivity index (χ3n) is 2.23. The summed E-state index contributed by atoms with van der Waals surface area (Å²) < 4.78 is 5.10. The van der Waals surface area contributed by atoms with Crippen molar-refractivity contribution in [3.8, 4) is 0 Å². The second kappa shape index (κ2) is 5.95. The summed E-state index contributed by atoms with van der Waals surface area (Å²) in [4.78, 5) is 11.4. The third kappa shape index (κ3) is 6.33. The molecule has 0 aliphatic carbocycles. The van der Waals surface area contributed by atoms with Gasteiger partial charge in [0.25, 0.3) is 0 Å². The molecule has 0 rings (SSSR count). The number of aliphatic hydroxyl groups is 1. The number of carbonyl (C=O) groups excluding carboxylic acids is 1. The maximum Gasteiger partial charge on any atom is 0.407 e. The molecule has 0 aromatic carbocycles. The van der Waals surface area contributed by atoms with Gasteiger partial charge in [-0.05, 0) is 26.7 Å². The van der Waals surface area contributed by atoms with Gasteiger partial charge in [0.15, 0.2) is 0 Å². The number of alkyl carbamates (subject to hydrolysis) is 1. The van der Waals surface area contributed by atoms with Gasteiger partial charge in [-0.25, -0.2) is 4.79 Å². The second-order valence-corrected chi connectivity index (χ2v) is 4.82. The van der Waals surface area contributed by atoms with Crippen LogP contribution in [0.4, 0.5) is 4.79 Å². The highest BCUT2D eigenvalue weighted by molar-refractivity contribution is 5.68. The SMILES string of the molecule is CCC(C)[C@H](CO)NC(=O)OC(C)(C)C. The molecular formula is C11H23NO3. The molecule has 0 saturated heterocycles. The Balaban J connectivity index is 4.13. The molecule has 2 N–H and O–H groups in total. The van der Waals surface area contributed by atoms with Crippen molar-refractivity contribution in [3.05, 3.63) is 0 Å². The molecule has 1 amide bonds. The fraction of sp³-hybridized carbons (Fsp3) is 0.909. The van der Waals surface area contributed by atoms with Crippen molar-refractivity contribution in [1.82, 2.24) is 5.32 Å². The van der Waals surface area contributed by atoms with E-state index in [1.165, 1.54) is 0 Å². The number of hydrogen-bond acceptors (Lipinski definition) is 3. The Morgan fingerprint density at radius 3 is 2.33 bits per heavy atom. The Kier molecular flexibility index (Phi) is 5.65. The Morgan fingerprint density at radius 1 is 1.47 bits per heavy atom. The first-order valence-corrected chi connectivity index (χ1v) is 5.40. The Labute approximate surface area is 92.0 Å². The van der Waals surface area contributed by atoms with E-state index >= 15 is 0 Å². The number of amides is 1. The summed E-state index contributed by atoms with van der Waals surface area (Å²) in [5.74, 6) is 0.238. The molecular weight excluding hydrogens is 194 g/mol. The van der Waals surface area contributed by atoms with Crippen LogP contribution in [0.1, 0.15) is 41.0 Å². The molecule has 0 aromatic rings. The molecule has 4 heteroatoms. The average Bonchev–Trinajstić information content (AvgIpc) is 2.10. The Bertz CT molecular complexity index is 198. The highest BCUT2D eigenvalue weighted by atomic mass is 16.6. The normalized spacial score (nSPS) is 15.6. The number of ether oxygens (including phenoxy) is 1. The Morgan fingerprint density at radius 2 is 2.00 bits per heavy atom. The van der Waals surface area contributed by atoms with Gasteiger partial charge in [0.2, 0.25) is 0 Å². The van der Waals surface area contributed by atoms with Crippen LogP contribution in [0.5, 0.6) is 0 Å². The van der Waals surface area contributed by atoms with E-state index in [1.807, 2.05) is 34.6 Å². The Hall–Kier alpha value is -0.770. The van der Waals surface area contributed by atoms with Gasteiger partial charge in [-0.3, -0.25) is 0 Å². The lowest BCUT2D eigenvalue weighted by molar-refractivity contribution is 0.0457. The molecule has 2 atom stereocenters. The maximum absolute atomic E-state index is 11.4.